The summed E-state index contributed by atoms with van der Waals surface area (Å²) < 4.78 is 18.6. The molecule has 5 heteroatoms. The SMILES string of the molecule is O=C(O)CCN1CCOc2ccc(F)cc2C1. The van der Waals surface area contributed by atoms with Crippen LogP contribution in [-0.2, 0) is 11.3 Å². The van der Waals surface area contributed by atoms with E-state index in [9.17, 15) is 9.18 Å². The number of hydrogen-bond donors (Lipinski definition) is 1. The first-order chi connectivity index (χ1) is 8.15. The molecule has 1 heterocycles. The fourth-order valence-corrected chi connectivity index (χ4v) is 1.86. The zero-order valence-electron chi connectivity index (χ0n) is 9.36. The number of benzene rings is 1. The summed E-state index contributed by atoms with van der Waals surface area (Å²) in [6.45, 7) is 2.14. The molecule has 0 fully saturated rings. The van der Waals surface area contributed by atoms with Crippen molar-refractivity contribution in [2.24, 2.45) is 0 Å². The standard InChI is InChI=1S/C12H14FNO3/c13-10-1-2-11-9(7-10)8-14(5-6-17-11)4-3-12(15)16/h1-2,7H,3-6,8H2,(H,15,16). The van der Waals surface area contributed by atoms with Crippen LogP contribution in [0, 0.1) is 5.82 Å². The van der Waals surface area contributed by atoms with Crippen molar-refractivity contribution in [3.63, 3.8) is 0 Å². The summed E-state index contributed by atoms with van der Waals surface area (Å²) in [5.41, 5.74) is 0.771. The van der Waals surface area contributed by atoms with Gasteiger partial charge in [0.25, 0.3) is 0 Å². The highest BCUT2D eigenvalue weighted by Crippen LogP contribution is 2.23. The van der Waals surface area contributed by atoms with E-state index in [2.05, 4.69) is 0 Å². The number of carboxylic acids is 1. The van der Waals surface area contributed by atoms with Gasteiger partial charge >= 0.3 is 5.97 Å². The first-order valence-corrected chi connectivity index (χ1v) is 5.50. The van der Waals surface area contributed by atoms with E-state index >= 15 is 0 Å². The number of hydrogen-bond acceptors (Lipinski definition) is 3. The lowest BCUT2D eigenvalue weighted by atomic mass is 10.2. The minimum absolute atomic E-state index is 0.0879. The van der Waals surface area contributed by atoms with Gasteiger partial charge in [0.1, 0.15) is 18.2 Å². The van der Waals surface area contributed by atoms with Gasteiger partial charge in [0.2, 0.25) is 0 Å². The van der Waals surface area contributed by atoms with Crippen LogP contribution in [-0.4, -0.2) is 35.7 Å². The molecule has 0 spiro atoms. The Bertz CT molecular complexity index is 422. The van der Waals surface area contributed by atoms with Gasteiger partial charge in [-0.1, -0.05) is 0 Å². The minimum Gasteiger partial charge on any atom is -0.492 e. The fourth-order valence-electron chi connectivity index (χ4n) is 1.86. The third-order valence-electron chi connectivity index (χ3n) is 2.72. The molecule has 0 radical (unpaired) electrons. The summed E-state index contributed by atoms with van der Waals surface area (Å²) in [5, 5.41) is 8.64. The second-order valence-corrected chi connectivity index (χ2v) is 4.02. The van der Waals surface area contributed by atoms with Crippen LogP contribution in [0.15, 0.2) is 18.2 Å². The number of rotatable bonds is 3. The molecule has 17 heavy (non-hydrogen) atoms. The number of nitrogens with zero attached hydrogens (tertiary/aromatic N) is 1. The molecular formula is C12H14FNO3. The van der Waals surface area contributed by atoms with E-state index in [1.807, 2.05) is 4.90 Å². The molecule has 1 aliphatic heterocycles. The molecule has 0 unspecified atom stereocenters. The zero-order valence-corrected chi connectivity index (χ0v) is 9.36. The van der Waals surface area contributed by atoms with E-state index < -0.39 is 5.97 Å². The van der Waals surface area contributed by atoms with Crippen LogP contribution in [0.1, 0.15) is 12.0 Å². The van der Waals surface area contributed by atoms with Gasteiger partial charge in [-0.05, 0) is 18.2 Å². The molecule has 1 aromatic rings. The summed E-state index contributed by atoms with van der Waals surface area (Å²) in [4.78, 5) is 12.5. The maximum absolute atomic E-state index is 13.1. The van der Waals surface area contributed by atoms with Crippen LogP contribution < -0.4 is 4.74 Å². The van der Waals surface area contributed by atoms with E-state index in [1.54, 1.807) is 6.07 Å². The Morgan fingerprint density at radius 2 is 2.35 bits per heavy atom. The van der Waals surface area contributed by atoms with Gasteiger partial charge in [0.15, 0.2) is 0 Å². The zero-order chi connectivity index (χ0) is 12.3. The highest BCUT2D eigenvalue weighted by molar-refractivity contribution is 5.66. The molecular weight excluding hydrogens is 225 g/mol. The van der Waals surface area contributed by atoms with E-state index in [4.69, 9.17) is 9.84 Å². The number of fused-ring (bicyclic) bond motifs is 1. The number of carbonyl (C=O) groups is 1. The Morgan fingerprint density at radius 1 is 1.53 bits per heavy atom. The van der Waals surface area contributed by atoms with Crippen LogP contribution in [0.2, 0.25) is 0 Å². The first kappa shape index (κ1) is 11.9. The van der Waals surface area contributed by atoms with Crippen molar-refractivity contribution in [1.29, 1.82) is 0 Å². The quantitative estimate of drug-likeness (QED) is 0.868. The van der Waals surface area contributed by atoms with Crippen molar-refractivity contribution in [2.75, 3.05) is 19.7 Å². The molecule has 1 aliphatic rings. The molecule has 0 atom stereocenters. The third kappa shape index (κ3) is 3.17. The van der Waals surface area contributed by atoms with Crippen molar-refractivity contribution in [3.05, 3.63) is 29.6 Å². The summed E-state index contributed by atoms with van der Waals surface area (Å²) in [6, 6.07) is 4.42. The molecule has 2 rings (SSSR count). The largest absolute Gasteiger partial charge is 0.492 e. The summed E-state index contributed by atoms with van der Waals surface area (Å²) >= 11 is 0. The van der Waals surface area contributed by atoms with Crippen molar-refractivity contribution in [3.8, 4) is 5.75 Å². The smallest absolute Gasteiger partial charge is 0.304 e. The number of carboxylic acid groups (broad SMARTS) is 1. The van der Waals surface area contributed by atoms with Gasteiger partial charge in [-0.3, -0.25) is 9.69 Å². The number of halogens is 1. The Kier molecular flexibility index (Phi) is 3.58. The monoisotopic (exact) mass is 239 g/mol. The lowest BCUT2D eigenvalue weighted by Crippen LogP contribution is -2.28. The predicted octanol–water partition coefficient (Wildman–Crippen LogP) is 1.49. The van der Waals surface area contributed by atoms with E-state index in [0.29, 0.717) is 32.0 Å². The summed E-state index contributed by atoms with van der Waals surface area (Å²) in [6.07, 6.45) is 0.0879. The Labute approximate surface area is 98.6 Å². The van der Waals surface area contributed by atoms with Crippen LogP contribution in [0.25, 0.3) is 0 Å². The summed E-state index contributed by atoms with van der Waals surface area (Å²) in [7, 11) is 0. The van der Waals surface area contributed by atoms with Crippen LogP contribution >= 0.6 is 0 Å². The van der Waals surface area contributed by atoms with E-state index in [1.165, 1.54) is 12.1 Å². The Morgan fingerprint density at radius 3 is 3.12 bits per heavy atom. The van der Waals surface area contributed by atoms with Gasteiger partial charge in [-0.25, -0.2) is 4.39 Å². The predicted molar refractivity (Wildman–Crippen MR) is 59.4 cm³/mol. The van der Waals surface area contributed by atoms with Crippen molar-refractivity contribution < 1.29 is 19.0 Å². The highest BCUT2D eigenvalue weighted by atomic mass is 19.1. The van der Waals surface area contributed by atoms with Crippen molar-refractivity contribution >= 4 is 5.97 Å². The van der Waals surface area contributed by atoms with Gasteiger partial charge in [-0.2, -0.15) is 0 Å². The highest BCUT2D eigenvalue weighted by Gasteiger charge is 2.16. The van der Waals surface area contributed by atoms with Gasteiger partial charge in [-0.15, -0.1) is 0 Å². The number of aliphatic carboxylic acids is 1. The molecule has 0 saturated carbocycles. The topological polar surface area (TPSA) is 49.8 Å². The van der Waals surface area contributed by atoms with E-state index in [0.717, 1.165) is 5.56 Å². The second-order valence-electron chi connectivity index (χ2n) is 4.02. The second kappa shape index (κ2) is 5.14. The van der Waals surface area contributed by atoms with Gasteiger partial charge in [0, 0.05) is 25.2 Å². The summed E-state index contributed by atoms with van der Waals surface area (Å²) in [5.74, 6) is -0.439. The fraction of sp³-hybridized carbons (Fsp3) is 0.417. The molecule has 0 saturated heterocycles. The maximum Gasteiger partial charge on any atom is 0.304 e. The lowest BCUT2D eigenvalue weighted by Gasteiger charge is -2.17. The minimum atomic E-state index is -0.824. The van der Waals surface area contributed by atoms with Gasteiger partial charge < -0.3 is 9.84 Å². The van der Waals surface area contributed by atoms with Crippen LogP contribution in [0.5, 0.6) is 5.75 Å². The Hall–Kier alpha value is -1.62. The van der Waals surface area contributed by atoms with Crippen LogP contribution in [0.3, 0.4) is 0 Å². The molecule has 0 amide bonds. The Balaban J connectivity index is 2.07. The average molecular weight is 239 g/mol. The molecule has 0 aliphatic carbocycles. The normalized spacial score (nSPS) is 15.8. The third-order valence-corrected chi connectivity index (χ3v) is 2.72. The molecule has 1 aromatic carbocycles. The first-order valence-electron chi connectivity index (χ1n) is 5.50. The van der Waals surface area contributed by atoms with Crippen molar-refractivity contribution in [1.82, 2.24) is 4.90 Å². The van der Waals surface area contributed by atoms with Crippen LogP contribution in [0.4, 0.5) is 4.39 Å². The average Bonchev–Trinajstić information content (AvgIpc) is 2.47. The van der Waals surface area contributed by atoms with E-state index in [-0.39, 0.29) is 12.2 Å². The van der Waals surface area contributed by atoms with Crippen molar-refractivity contribution in [2.45, 2.75) is 13.0 Å². The molecule has 1 N–H and O–H groups in total. The maximum atomic E-state index is 13.1. The lowest BCUT2D eigenvalue weighted by molar-refractivity contribution is -0.137. The number of ether oxygens (including phenoxy) is 1. The molecule has 0 aromatic heterocycles. The molecule has 4 nitrogen and oxygen atoms in total. The molecule has 0 bridgehead atoms. The van der Waals surface area contributed by atoms with Gasteiger partial charge in [0.05, 0.1) is 6.42 Å². The molecule has 92 valence electrons.